The quantitative estimate of drug-likeness (QED) is 0.777. The van der Waals surface area contributed by atoms with E-state index in [1.54, 1.807) is 18.9 Å². The fourth-order valence-electron chi connectivity index (χ4n) is 1.22. The number of rotatable bonds is 4. The number of carbonyl (C=O) groups is 1. The largest absolute Gasteiger partial charge is 0.325 e. The minimum absolute atomic E-state index is 0.107. The zero-order valence-electron chi connectivity index (χ0n) is 9.47. The van der Waals surface area contributed by atoms with Gasteiger partial charge in [-0.05, 0) is 26.1 Å². The second-order valence-electron chi connectivity index (χ2n) is 3.60. The summed E-state index contributed by atoms with van der Waals surface area (Å²) >= 11 is 0. The molecule has 0 aliphatic carbocycles. The molecule has 0 aliphatic heterocycles. The van der Waals surface area contributed by atoms with Gasteiger partial charge >= 0.3 is 0 Å². The molecule has 0 fully saturated rings. The Morgan fingerprint density at radius 3 is 2.69 bits per heavy atom. The molecule has 1 aromatic rings. The van der Waals surface area contributed by atoms with Gasteiger partial charge in [0, 0.05) is 5.69 Å². The van der Waals surface area contributed by atoms with E-state index >= 15 is 0 Å². The number of anilines is 1. The zero-order chi connectivity index (χ0) is 12.0. The lowest BCUT2D eigenvalue weighted by atomic mass is 10.2. The number of nitriles is 1. The van der Waals surface area contributed by atoms with Crippen LogP contribution in [-0.4, -0.2) is 30.4 Å². The second kappa shape index (κ2) is 5.89. The summed E-state index contributed by atoms with van der Waals surface area (Å²) in [6.07, 6.45) is 0. The van der Waals surface area contributed by atoms with E-state index in [0.29, 0.717) is 0 Å². The summed E-state index contributed by atoms with van der Waals surface area (Å²) in [4.78, 5) is 13.5. The average Bonchev–Trinajstić information content (AvgIpc) is 2.29. The van der Waals surface area contributed by atoms with Crippen LogP contribution in [0.15, 0.2) is 30.3 Å². The molecule has 1 aromatic carbocycles. The molecule has 0 heterocycles. The highest BCUT2D eigenvalue weighted by Crippen LogP contribution is 2.06. The van der Waals surface area contributed by atoms with Crippen molar-refractivity contribution in [3.8, 4) is 6.07 Å². The van der Waals surface area contributed by atoms with Gasteiger partial charge in [0.15, 0.2) is 0 Å². The smallest absolute Gasteiger partial charge is 0.241 e. The molecular weight excluding hydrogens is 202 g/mol. The molecule has 84 valence electrons. The Morgan fingerprint density at radius 1 is 1.50 bits per heavy atom. The number of hydrogen-bond donors (Lipinski definition) is 1. The zero-order valence-corrected chi connectivity index (χ0v) is 9.47. The Bertz CT molecular complexity index is 383. The third kappa shape index (κ3) is 3.37. The number of nitrogens with zero attached hydrogens (tertiary/aromatic N) is 2. The maximum Gasteiger partial charge on any atom is 0.241 e. The van der Waals surface area contributed by atoms with Gasteiger partial charge in [-0.2, -0.15) is 5.26 Å². The van der Waals surface area contributed by atoms with Crippen LogP contribution in [0, 0.1) is 11.3 Å². The number of para-hydroxylation sites is 1. The van der Waals surface area contributed by atoms with Crippen molar-refractivity contribution in [2.24, 2.45) is 0 Å². The summed E-state index contributed by atoms with van der Waals surface area (Å²) in [5, 5.41) is 11.3. The molecule has 4 nitrogen and oxygen atoms in total. The van der Waals surface area contributed by atoms with Crippen molar-refractivity contribution < 1.29 is 4.79 Å². The van der Waals surface area contributed by atoms with Crippen LogP contribution in [0.25, 0.3) is 0 Å². The highest BCUT2D eigenvalue weighted by atomic mass is 16.2. The van der Waals surface area contributed by atoms with Crippen molar-refractivity contribution >= 4 is 11.6 Å². The molecule has 0 radical (unpaired) electrons. The van der Waals surface area contributed by atoms with Crippen LogP contribution >= 0.6 is 0 Å². The third-order valence-electron chi connectivity index (χ3n) is 2.40. The van der Waals surface area contributed by atoms with Gasteiger partial charge in [-0.3, -0.25) is 9.69 Å². The van der Waals surface area contributed by atoms with E-state index in [2.05, 4.69) is 5.32 Å². The summed E-state index contributed by atoms with van der Waals surface area (Å²) in [5.41, 5.74) is 0.768. The van der Waals surface area contributed by atoms with E-state index in [4.69, 9.17) is 5.26 Å². The van der Waals surface area contributed by atoms with Crippen LogP contribution in [0.1, 0.15) is 6.92 Å². The van der Waals surface area contributed by atoms with Gasteiger partial charge in [0.05, 0.1) is 18.7 Å². The molecule has 0 aromatic heterocycles. The van der Waals surface area contributed by atoms with Crippen LogP contribution < -0.4 is 5.32 Å². The predicted octanol–water partition coefficient (Wildman–Crippen LogP) is 1.47. The van der Waals surface area contributed by atoms with E-state index < -0.39 is 0 Å². The number of amides is 1. The number of hydrogen-bond acceptors (Lipinski definition) is 3. The third-order valence-corrected chi connectivity index (χ3v) is 2.40. The molecule has 0 spiro atoms. The lowest BCUT2D eigenvalue weighted by molar-refractivity contribution is -0.120. The number of benzene rings is 1. The standard InChI is InChI=1S/C12H15N3O/c1-10(15(2)9-8-13)12(16)14-11-6-4-3-5-7-11/h3-7,10H,9H2,1-2H3,(H,14,16). The van der Waals surface area contributed by atoms with Crippen LogP contribution in [0.4, 0.5) is 5.69 Å². The molecule has 0 saturated carbocycles. The molecule has 16 heavy (non-hydrogen) atoms. The van der Waals surface area contributed by atoms with Gasteiger partial charge in [0.25, 0.3) is 0 Å². The van der Waals surface area contributed by atoms with Crippen LogP contribution in [0.5, 0.6) is 0 Å². The lowest BCUT2D eigenvalue weighted by Crippen LogP contribution is -2.39. The van der Waals surface area contributed by atoms with Gasteiger partial charge in [-0.25, -0.2) is 0 Å². The Hall–Kier alpha value is -1.86. The number of nitrogens with one attached hydrogen (secondary N) is 1. The maximum atomic E-state index is 11.8. The fraction of sp³-hybridized carbons (Fsp3) is 0.333. The van der Waals surface area contributed by atoms with Crippen molar-refractivity contribution in [1.29, 1.82) is 5.26 Å². The van der Waals surface area contributed by atoms with Crippen LogP contribution in [0.3, 0.4) is 0 Å². The number of carbonyl (C=O) groups excluding carboxylic acids is 1. The van der Waals surface area contributed by atoms with E-state index in [1.165, 1.54) is 0 Å². The molecule has 1 rings (SSSR count). The van der Waals surface area contributed by atoms with Crippen LogP contribution in [0.2, 0.25) is 0 Å². The van der Waals surface area contributed by atoms with Gasteiger partial charge in [0.2, 0.25) is 5.91 Å². The minimum atomic E-state index is -0.320. The van der Waals surface area contributed by atoms with Gasteiger partial charge < -0.3 is 5.32 Å². The van der Waals surface area contributed by atoms with Crippen molar-refractivity contribution in [2.45, 2.75) is 13.0 Å². The monoisotopic (exact) mass is 217 g/mol. The second-order valence-corrected chi connectivity index (χ2v) is 3.60. The summed E-state index contributed by atoms with van der Waals surface area (Å²) in [6.45, 7) is 2.01. The van der Waals surface area contributed by atoms with Crippen LogP contribution in [-0.2, 0) is 4.79 Å². The molecule has 1 atom stereocenters. The molecule has 0 bridgehead atoms. The summed E-state index contributed by atoms with van der Waals surface area (Å²) in [7, 11) is 1.75. The SMILES string of the molecule is CC(C(=O)Nc1ccccc1)N(C)CC#N. The van der Waals surface area contributed by atoms with E-state index in [0.717, 1.165) is 5.69 Å². The molecule has 0 saturated heterocycles. The summed E-state index contributed by atoms with van der Waals surface area (Å²) in [5.74, 6) is -0.107. The topological polar surface area (TPSA) is 56.1 Å². The summed E-state index contributed by atoms with van der Waals surface area (Å²) < 4.78 is 0. The van der Waals surface area contributed by atoms with Crippen molar-refractivity contribution in [3.63, 3.8) is 0 Å². The molecule has 1 amide bonds. The maximum absolute atomic E-state index is 11.8. The molecule has 4 heteroatoms. The first-order valence-electron chi connectivity index (χ1n) is 5.08. The Labute approximate surface area is 95.5 Å². The summed E-state index contributed by atoms with van der Waals surface area (Å²) in [6, 6.07) is 11.0. The van der Waals surface area contributed by atoms with Crippen molar-refractivity contribution in [2.75, 3.05) is 18.9 Å². The van der Waals surface area contributed by atoms with E-state index in [-0.39, 0.29) is 18.5 Å². The molecule has 1 N–H and O–H groups in total. The predicted molar refractivity (Wildman–Crippen MR) is 62.8 cm³/mol. The Morgan fingerprint density at radius 2 is 2.12 bits per heavy atom. The first-order valence-corrected chi connectivity index (χ1v) is 5.08. The molecular formula is C12H15N3O. The Kier molecular flexibility index (Phi) is 4.49. The first kappa shape index (κ1) is 12.2. The molecule has 0 aliphatic rings. The minimum Gasteiger partial charge on any atom is -0.325 e. The van der Waals surface area contributed by atoms with Crippen molar-refractivity contribution in [1.82, 2.24) is 4.90 Å². The van der Waals surface area contributed by atoms with E-state index in [9.17, 15) is 4.79 Å². The normalized spacial score (nSPS) is 11.9. The van der Waals surface area contributed by atoms with Gasteiger partial charge in [-0.15, -0.1) is 0 Å². The number of likely N-dealkylation sites (N-methyl/N-ethyl adjacent to an activating group) is 1. The molecule has 1 unspecified atom stereocenters. The average molecular weight is 217 g/mol. The van der Waals surface area contributed by atoms with Gasteiger partial charge in [-0.1, -0.05) is 18.2 Å². The highest BCUT2D eigenvalue weighted by molar-refractivity contribution is 5.94. The van der Waals surface area contributed by atoms with Crippen molar-refractivity contribution in [3.05, 3.63) is 30.3 Å². The van der Waals surface area contributed by atoms with E-state index in [1.807, 2.05) is 36.4 Å². The fourth-order valence-corrected chi connectivity index (χ4v) is 1.22. The Balaban J connectivity index is 2.56. The first-order chi connectivity index (χ1) is 7.65. The van der Waals surface area contributed by atoms with Gasteiger partial charge in [0.1, 0.15) is 0 Å². The lowest BCUT2D eigenvalue weighted by Gasteiger charge is -2.20. The highest BCUT2D eigenvalue weighted by Gasteiger charge is 2.17.